The summed E-state index contributed by atoms with van der Waals surface area (Å²) in [5.41, 5.74) is -0.936. The van der Waals surface area contributed by atoms with Gasteiger partial charge in [0.2, 0.25) is 0 Å². The first-order valence-electron chi connectivity index (χ1n) is 10.3. The van der Waals surface area contributed by atoms with E-state index in [-0.39, 0.29) is 47.1 Å². The van der Waals surface area contributed by atoms with Crippen LogP contribution in [-0.4, -0.2) is 57.9 Å². The highest BCUT2D eigenvalue weighted by atomic mass is 35.5. The van der Waals surface area contributed by atoms with E-state index in [1.54, 1.807) is 20.8 Å². The van der Waals surface area contributed by atoms with Crippen LogP contribution in [0.3, 0.4) is 0 Å². The van der Waals surface area contributed by atoms with E-state index in [1.807, 2.05) is 0 Å². The van der Waals surface area contributed by atoms with Crippen molar-refractivity contribution < 1.29 is 33.1 Å². The van der Waals surface area contributed by atoms with Crippen molar-refractivity contribution in [2.75, 3.05) is 13.1 Å². The zero-order chi connectivity index (χ0) is 24.5. The Kier molecular flexibility index (Phi) is 6.97. The number of hydrogen-bond donors (Lipinski definition) is 2. The summed E-state index contributed by atoms with van der Waals surface area (Å²) < 4.78 is 24.9. The smallest absolute Gasteiger partial charge is 0.410 e. The highest BCUT2D eigenvalue weighted by Gasteiger charge is 2.37. The second-order valence-electron chi connectivity index (χ2n) is 8.89. The molecule has 11 heteroatoms. The van der Waals surface area contributed by atoms with Crippen LogP contribution in [-0.2, 0) is 9.53 Å². The van der Waals surface area contributed by atoms with Crippen LogP contribution in [0, 0.1) is 18.7 Å². The van der Waals surface area contributed by atoms with Crippen LogP contribution in [0.15, 0.2) is 22.7 Å². The van der Waals surface area contributed by atoms with Crippen LogP contribution >= 0.6 is 11.6 Å². The van der Waals surface area contributed by atoms with Gasteiger partial charge in [0.15, 0.2) is 0 Å². The van der Waals surface area contributed by atoms with Gasteiger partial charge in [-0.05, 0) is 46.2 Å². The number of carbonyl (C=O) groups excluding carboxylic acids is 2. The number of amides is 2. The molecule has 2 N–H and O–H groups in total. The van der Waals surface area contributed by atoms with Gasteiger partial charge in [0.1, 0.15) is 28.4 Å². The number of ether oxygens (including phenoxy) is 1. The molecule has 2 unspecified atom stereocenters. The van der Waals surface area contributed by atoms with Gasteiger partial charge in [-0.3, -0.25) is 9.59 Å². The number of aromatic nitrogens is 1. The number of benzene rings is 1. The molecule has 9 nitrogen and oxygen atoms in total. The minimum atomic E-state index is -1.09. The summed E-state index contributed by atoms with van der Waals surface area (Å²) in [4.78, 5) is 38.6. The Morgan fingerprint density at radius 3 is 2.61 bits per heavy atom. The summed E-state index contributed by atoms with van der Waals surface area (Å²) in [7, 11) is 0. The van der Waals surface area contributed by atoms with Crippen LogP contribution in [0.4, 0.5) is 9.18 Å². The summed E-state index contributed by atoms with van der Waals surface area (Å²) in [6, 6.07) is 3.37. The maximum absolute atomic E-state index is 14.4. The summed E-state index contributed by atoms with van der Waals surface area (Å²) in [6.45, 7) is 6.60. The maximum atomic E-state index is 14.4. The molecule has 1 saturated heterocycles. The Hall–Kier alpha value is -3.14. The topological polar surface area (TPSA) is 122 Å². The molecule has 0 aliphatic carbocycles. The molecule has 1 aromatic carbocycles. The lowest BCUT2D eigenvalue weighted by Crippen LogP contribution is -2.54. The number of hydrogen-bond acceptors (Lipinski definition) is 6. The van der Waals surface area contributed by atoms with E-state index in [4.69, 9.17) is 20.9 Å². The predicted molar refractivity (Wildman–Crippen MR) is 116 cm³/mol. The number of aliphatic carboxylic acids is 1. The van der Waals surface area contributed by atoms with Crippen molar-refractivity contribution in [1.82, 2.24) is 15.4 Å². The normalized spacial score (nSPS) is 18.7. The zero-order valence-electron chi connectivity index (χ0n) is 18.6. The van der Waals surface area contributed by atoms with Gasteiger partial charge in [-0.15, -0.1) is 0 Å². The first-order chi connectivity index (χ1) is 15.4. The molecule has 2 heterocycles. The second-order valence-corrected chi connectivity index (χ2v) is 9.29. The standard InChI is InChI=1S/C22H25ClFN3O6/c1-11-16(18(26-33-11)17-14(23)6-5-7-15(17)24)19(28)25-13-8-12(20(29)30)9-27(10-13)21(31)32-22(2,3)4/h5-7,12-13H,8-10H2,1-4H3,(H,25,28)(H,29,30). The van der Waals surface area contributed by atoms with Gasteiger partial charge in [-0.2, -0.15) is 0 Å². The fourth-order valence-electron chi connectivity index (χ4n) is 3.65. The third kappa shape index (κ3) is 5.62. The maximum Gasteiger partial charge on any atom is 0.410 e. The number of carbonyl (C=O) groups is 3. The molecule has 0 radical (unpaired) electrons. The summed E-state index contributed by atoms with van der Waals surface area (Å²) in [5.74, 6) is -3.19. The molecule has 3 rings (SSSR count). The Morgan fingerprint density at radius 1 is 1.30 bits per heavy atom. The van der Waals surface area contributed by atoms with Gasteiger partial charge in [0.25, 0.3) is 5.91 Å². The number of piperidine rings is 1. The molecule has 2 atom stereocenters. The third-order valence-electron chi connectivity index (χ3n) is 5.08. The van der Waals surface area contributed by atoms with Crippen molar-refractivity contribution in [2.45, 2.75) is 45.8 Å². The van der Waals surface area contributed by atoms with E-state index >= 15 is 0 Å². The molecule has 1 fully saturated rings. The number of carboxylic acids is 1. The SMILES string of the molecule is Cc1onc(-c2c(F)cccc2Cl)c1C(=O)NC1CC(C(=O)O)CN(C(=O)OC(C)(C)C)C1. The lowest BCUT2D eigenvalue weighted by molar-refractivity contribution is -0.143. The predicted octanol–water partition coefficient (Wildman–Crippen LogP) is 3.88. The fraction of sp³-hybridized carbons (Fsp3) is 0.455. The quantitative estimate of drug-likeness (QED) is 0.679. The van der Waals surface area contributed by atoms with Crippen LogP contribution in [0.2, 0.25) is 5.02 Å². The molecule has 2 aromatic rings. The second kappa shape index (κ2) is 9.38. The number of halogens is 2. The molecule has 1 aliphatic rings. The van der Waals surface area contributed by atoms with Crippen molar-refractivity contribution in [3.63, 3.8) is 0 Å². The number of nitrogens with one attached hydrogen (secondary N) is 1. The van der Waals surface area contributed by atoms with Crippen molar-refractivity contribution in [2.24, 2.45) is 5.92 Å². The number of aryl methyl sites for hydroxylation is 1. The van der Waals surface area contributed by atoms with Crippen molar-refractivity contribution in [1.29, 1.82) is 0 Å². The van der Waals surface area contributed by atoms with E-state index in [2.05, 4.69) is 10.5 Å². The largest absolute Gasteiger partial charge is 0.481 e. The lowest BCUT2D eigenvalue weighted by Gasteiger charge is -2.37. The van der Waals surface area contributed by atoms with Gasteiger partial charge >= 0.3 is 12.1 Å². The van der Waals surface area contributed by atoms with E-state index < -0.39 is 41.3 Å². The molecule has 1 aliphatic heterocycles. The Labute approximate surface area is 194 Å². The van der Waals surface area contributed by atoms with Gasteiger partial charge in [0.05, 0.1) is 16.5 Å². The minimum absolute atomic E-state index is 0.0248. The van der Waals surface area contributed by atoms with Crippen LogP contribution in [0.5, 0.6) is 0 Å². The van der Waals surface area contributed by atoms with Gasteiger partial charge in [-0.25, -0.2) is 9.18 Å². The van der Waals surface area contributed by atoms with Crippen molar-refractivity contribution in [3.05, 3.63) is 40.4 Å². The van der Waals surface area contributed by atoms with E-state index in [0.717, 1.165) is 0 Å². The summed E-state index contributed by atoms with van der Waals surface area (Å²) >= 11 is 6.13. The summed E-state index contributed by atoms with van der Waals surface area (Å²) in [5, 5.41) is 16.1. The van der Waals surface area contributed by atoms with Gasteiger partial charge < -0.3 is 24.6 Å². The van der Waals surface area contributed by atoms with Crippen molar-refractivity contribution >= 4 is 29.6 Å². The number of nitrogens with zero attached hydrogens (tertiary/aromatic N) is 2. The minimum Gasteiger partial charge on any atom is -0.481 e. The average Bonchev–Trinajstić information content (AvgIpc) is 3.07. The Balaban J connectivity index is 1.86. The summed E-state index contributed by atoms with van der Waals surface area (Å²) in [6.07, 6.45) is -0.576. The lowest BCUT2D eigenvalue weighted by atomic mass is 9.94. The molecule has 0 saturated carbocycles. The average molecular weight is 482 g/mol. The zero-order valence-corrected chi connectivity index (χ0v) is 19.4. The Bertz CT molecular complexity index is 1060. The molecule has 1 aromatic heterocycles. The Morgan fingerprint density at radius 2 is 2.00 bits per heavy atom. The fourth-order valence-corrected chi connectivity index (χ4v) is 3.90. The van der Waals surface area contributed by atoms with Gasteiger partial charge in [0, 0.05) is 19.1 Å². The first-order valence-corrected chi connectivity index (χ1v) is 10.7. The molecular formula is C22H25ClFN3O6. The number of likely N-dealkylation sites (tertiary alicyclic amines) is 1. The van der Waals surface area contributed by atoms with Crippen LogP contribution < -0.4 is 5.32 Å². The van der Waals surface area contributed by atoms with E-state index in [0.29, 0.717) is 0 Å². The van der Waals surface area contributed by atoms with E-state index in [9.17, 15) is 23.9 Å². The first kappa shape index (κ1) is 24.5. The number of carboxylic acid groups (broad SMARTS) is 1. The highest BCUT2D eigenvalue weighted by Crippen LogP contribution is 2.33. The molecule has 0 spiro atoms. The van der Waals surface area contributed by atoms with Crippen molar-refractivity contribution in [3.8, 4) is 11.3 Å². The van der Waals surface area contributed by atoms with Gasteiger partial charge in [-0.1, -0.05) is 22.8 Å². The number of rotatable bonds is 4. The molecule has 0 bridgehead atoms. The van der Waals surface area contributed by atoms with Crippen LogP contribution in [0.25, 0.3) is 11.3 Å². The molecule has 33 heavy (non-hydrogen) atoms. The third-order valence-corrected chi connectivity index (χ3v) is 5.39. The highest BCUT2D eigenvalue weighted by molar-refractivity contribution is 6.33. The molecular weight excluding hydrogens is 457 g/mol. The van der Waals surface area contributed by atoms with E-state index in [1.165, 1.54) is 30.0 Å². The van der Waals surface area contributed by atoms with Crippen LogP contribution in [0.1, 0.15) is 43.3 Å². The molecule has 178 valence electrons. The monoisotopic (exact) mass is 481 g/mol. The molecule has 2 amide bonds.